The number of hydrogen-bond donors (Lipinski definition) is 1. The normalized spacial score (nSPS) is 19.7. The van der Waals surface area contributed by atoms with Crippen molar-refractivity contribution < 1.29 is 23.9 Å². The summed E-state index contributed by atoms with van der Waals surface area (Å²) in [6.07, 6.45) is 0.190. The van der Waals surface area contributed by atoms with E-state index in [0.29, 0.717) is 16.9 Å². The second kappa shape index (κ2) is 7.54. The molecule has 4 rings (SSSR count). The van der Waals surface area contributed by atoms with Gasteiger partial charge in [0, 0.05) is 25.6 Å². The molecule has 0 spiro atoms. The maximum atomic E-state index is 13.2. The number of carbonyl (C=O) groups excluding carboxylic acids is 4. The van der Waals surface area contributed by atoms with Crippen LogP contribution in [-0.4, -0.2) is 47.9 Å². The highest BCUT2D eigenvalue weighted by atomic mass is 16.5. The zero-order chi connectivity index (χ0) is 22.3. The first-order valence-corrected chi connectivity index (χ1v) is 10.0. The first-order valence-electron chi connectivity index (χ1n) is 10.0. The lowest BCUT2D eigenvalue weighted by atomic mass is 9.97. The van der Waals surface area contributed by atoms with Crippen LogP contribution < -0.4 is 10.2 Å². The summed E-state index contributed by atoms with van der Waals surface area (Å²) < 4.78 is 5.32. The Morgan fingerprint density at radius 1 is 1.10 bits per heavy atom. The number of para-hydroxylation sites is 1. The molecule has 1 fully saturated rings. The van der Waals surface area contributed by atoms with Crippen LogP contribution in [0.25, 0.3) is 0 Å². The van der Waals surface area contributed by atoms with Crippen molar-refractivity contribution in [1.29, 1.82) is 0 Å². The van der Waals surface area contributed by atoms with Gasteiger partial charge in [0.15, 0.2) is 6.61 Å². The Kier molecular flexibility index (Phi) is 5.00. The summed E-state index contributed by atoms with van der Waals surface area (Å²) in [7, 11) is 1.47. The van der Waals surface area contributed by atoms with E-state index in [1.54, 1.807) is 30.3 Å². The van der Waals surface area contributed by atoms with Crippen LogP contribution in [-0.2, 0) is 19.1 Å². The summed E-state index contributed by atoms with van der Waals surface area (Å²) in [5.74, 6) is -1.96. The molecule has 2 aromatic rings. The van der Waals surface area contributed by atoms with Gasteiger partial charge in [-0.15, -0.1) is 0 Å². The third-order valence-electron chi connectivity index (χ3n) is 5.99. The van der Waals surface area contributed by atoms with Gasteiger partial charge < -0.3 is 15.0 Å². The molecule has 0 saturated carbocycles. The van der Waals surface area contributed by atoms with Crippen molar-refractivity contribution in [3.63, 3.8) is 0 Å². The van der Waals surface area contributed by atoms with E-state index in [1.165, 1.54) is 16.8 Å². The van der Waals surface area contributed by atoms with Gasteiger partial charge in [0.25, 0.3) is 11.8 Å². The number of carbonyl (C=O) groups is 4. The summed E-state index contributed by atoms with van der Waals surface area (Å²) >= 11 is 0. The number of ether oxygens (including phenoxy) is 1. The van der Waals surface area contributed by atoms with Crippen molar-refractivity contribution >= 4 is 35.1 Å². The molecule has 0 aromatic heterocycles. The lowest BCUT2D eigenvalue weighted by Gasteiger charge is -2.46. The van der Waals surface area contributed by atoms with Gasteiger partial charge in [-0.05, 0) is 49.2 Å². The van der Waals surface area contributed by atoms with Gasteiger partial charge in [-0.1, -0.05) is 18.2 Å². The molecule has 160 valence electrons. The van der Waals surface area contributed by atoms with E-state index in [-0.39, 0.29) is 24.7 Å². The molecule has 0 bridgehead atoms. The third-order valence-corrected chi connectivity index (χ3v) is 5.99. The first-order chi connectivity index (χ1) is 14.8. The van der Waals surface area contributed by atoms with Crippen LogP contribution in [0, 0.1) is 13.8 Å². The first kappa shape index (κ1) is 20.6. The molecule has 2 aliphatic heterocycles. The van der Waals surface area contributed by atoms with Crippen LogP contribution in [0.3, 0.4) is 0 Å². The average Bonchev–Trinajstić information content (AvgIpc) is 3.11. The van der Waals surface area contributed by atoms with E-state index in [4.69, 9.17) is 4.74 Å². The monoisotopic (exact) mass is 421 g/mol. The maximum Gasteiger partial charge on any atom is 0.354 e. The Morgan fingerprint density at radius 2 is 1.84 bits per heavy atom. The molecule has 3 amide bonds. The summed E-state index contributed by atoms with van der Waals surface area (Å²) in [6.45, 7) is 3.37. The number of benzene rings is 2. The Morgan fingerprint density at radius 3 is 2.58 bits per heavy atom. The number of hydrogen-bond acceptors (Lipinski definition) is 5. The van der Waals surface area contributed by atoms with Gasteiger partial charge in [0.2, 0.25) is 11.6 Å². The average molecular weight is 421 g/mol. The van der Waals surface area contributed by atoms with Crippen LogP contribution in [0.4, 0.5) is 11.4 Å². The third kappa shape index (κ3) is 3.24. The highest BCUT2D eigenvalue weighted by Gasteiger charge is 2.60. The van der Waals surface area contributed by atoms with Gasteiger partial charge >= 0.3 is 5.97 Å². The fourth-order valence-electron chi connectivity index (χ4n) is 4.15. The molecule has 0 unspecified atom stereocenters. The second-order valence-corrected chi connectivity index (χ2v) is 7.85. The van der Waals surface area contributed by atoms with Gasteiger partial charge in [-0.25, -0.2) is 4.79 Å². The quantitative estimate of drug-likeness (QED) is 0.765. The van der Waals surface area contributed by atoms with E-state index in [9.17, 15) is 19.2 Å². The number of nitrogens with zero attached hydrogens (tertiary/aromatic N) is 2. The molecule has 2 aliphatic rings. The van der Waals surface area contributed by atoms with Crippen molar-refractivity contribution in [1.82, 2.24) is 4.90 Å². The molecule has 1 saturated heterocycles. The van der Waals surface area contributed by atoms with Gasteiger partial charge in [-0.3, -0.25) is 19.3 Å². The Balaban J connectivity index is 1.54. The highest BCUT2D eigenvalue weighted by molar-refractivity contribution is 6.15. The van der Waals surface area contributed by atoms with E-state index in [2.05, 4.69) is 5.32 Å². The summed E-state index contributed by atoms with van der Waals surface area (Å²) in [4.78, 5) is 53.7. The van der Waals surface area contributed by atoms with E-state index >= 15 is 0 Å². The molecule has 31 heavy (non-hydrogen) atoms. The molecule has 0 radical (unpaired) electrons. The molecule has 1 N–H and O–H groups in total. The van der Waals surface area contributed by atoms with Crippen LogP contribution >= 0.6 is 0 Å². The number of fused-ring (bicyclic) bond motifs is 3. The smallest absolute Gasteiger partial charge is 0.354 e. The van der Waals surface area contributed by atoms with Crippen molar-refractivity contribution in [3.8, 4) is 0 Å². The molecule has 8 nitrogen and oxygen atoms in total. The lowest BCUT2D eigenvalue weighted by Crippen LogP contribution is -2.67. The van der Waals surface area contributed by atoms with Crippen molar-refractivity contribution in [2.75, 3.05) is 23.9 Å². The molecular weight excluding hydrogens is 398 g/mol. The Hall–Kier alpha value is -3.68. The summed E-state index contributed by atoms with van der Waals surface area (Å²) in [6, 6.07) is 12.1. The summed E-state index contributed by atoms with van der Waals surface area (Å²) in [5.41, 5.74) is 1.85. The molecule has 8 heteroatoms. The molecule has 2 aromatic carbocycles. The number of rotatable bonds is 4. The van der Waals surface area contributed by atoms with Crippen molar-refractivity contribution in [2.24, 2.45) is 0 Å². The largest absolute Gasteiger partial charge is 0.452 e. The van der Waals surface area contributed by atoms with Gasteiger partial charge in [0.1, 0.15) is 0 Å². The fraction of sp³-hybridized carbons (Fsp3) is 0.304. The fourth-order valence-corrected chi connectivity index (χ4v) is 4.15. The number of amides is 3. The predicted molar refractivity (Wildman–Crippen MR) is 113 cm³/mol. The lowest BCUT2D eigenvalue weighted by molar-refractivity contribution is -0.158. The molecule has 0 aliphatic carbocycles. The van der Waals surface area contributed by atoms with E-state index in [0.717, 1.165) is 11.1 Å². The minimum atomic E-state index is -1.59. The second-order valence-electron chi connectivity index (χ2n) is 7.85. The highest BCUT2D eigenvalue weighted by Crippen LogP contribution is 2.44. The van der Waals surface area contributed by atoms with Crippen LogP contribution in [0.5, 0.6) is 0 Å². The Labute approximate surface area is 179 Å². The number of nitrogens with one attached hydrogen (secondary N) is 1. The van der Waals surface area contributed by atoms with Crippen LogP contribution in [0.1, 0.15) is 34.3 Å². The number of anilines is 2. The number of esters is 1. The molecular formula is C23H23N3O5. The predicted octanol–water partition coefficient (Wildman–Crippen LogP) is 2.39. The zero-order valence-corrected chi connectivity index (χ0v) is 17.6. The SMILES string of the molecule is Cc1ccc(NC(=O)COC(=O)[C@]23CCC(=O)N2c2ccccc2C(=O)N3C)cc1C. The Bertz CT molecular complexity index is 1110. The van der Waals surface area contributed by atoms with Gasteiger partial charge in [0.05, 0.1) is 11.3 Å². The topological polar surface area (TPSA) is 96.0 Å². The number of likely N-dealkylation sites (N-methyl/N-ethyl adjacent to an activating group) is 1. The van der Waals surface area contributed by atoms with E-state index in [1.807, 2.05) is 26.0 Å². The zero-order valence-electron chi connectivity index (χ0n) is 17.6. The minimum absolute atomic E-state index is 0.0931. The molecule has 1 atom stereocenters. The maximum absolute atomic E-state index is 13.2. The molecule has 2 heterocycles. The minimum Gasteiger partial charge on any atom is -0.452 e. The summed E-state index contributed by atoms with van der Waals surface area (Å²) in [5, 5.41) is 2.69. The van der Waals surface area contributed by atoms with Crippen LogP contribution in [0.2, 0.25) is 0 Å². The number of aryl methyl sites for hydroxylation is 2. The standard InChI is InChI=1S/C23H23N3O5/c1-14-8-9-16(12-15(14)2)24-19(27)13-31-22(30)23-11-10-20(28)26(23)18-7-5-4-6-17(18)21(29)25(23)3/h4-9,12H,10-11,13H2,1-3H3,(H,24,27)/t23-/m0/s1. The van der Waals surface area contributed by atoms with Crippen molar-refractivity contribution in [3.05, 3.63) is 59.2 Å². The van der Waals surface area contributed by atoms with Gasteiger partial charge in [-0.2, -0.15) is 0 Å². The van der Waals surface area contributed by atoms with Crippen molar-refractivity contribution in [2.45, 2.75) is 32.4 Å². The van der Waals surface area contributed by atoms with E-state index < -0.39 is 24.1 Å². The van der Waals surface area contributed by atoms with Crippen LogP contribution in [0.15, 0.2) is 42.5 Å².